The number of ether oxygens (including phenoxy) is 1. The van der Waals surface area contributed by atoms with Crippen LogP contribution >= 0.6 is 15.9 Å². The third kappa shape index (κ3) is 2.97. The zero-order chi connectivity index (χ0) is 12.3. The highest BCUT2D eigenvalue weighted by Gasteiger charge is 2.04. The first kappa shape index (κ1) is 11.9. The maximum absolute atomic E-state index is 5.26. The summed E-state index contributed by atoms with van der Waals surface area (Å²) in [4.78, 5) is 0. The Hall–Kier alpha value is -1.56. The van der Waals surface area contributed by atoms with Crippen LogP contribution < -0.4 is 10.1 Å². The second kappa shape index (κ2) is 5.18. The normalized spacial score (nSPS) is 10.3. The van der Waals surface area contributed by atoms with Gasteiger partial charge in [0, 0.05) is 12.6 Å². The lowest BCUT2D eigenvalue weighted by Crippen LogP contribution is -1.99. The fraction of sp³-hybridized carbons (Fsp3) is 0.273. The largest absolute Gasteiger partial charge is 0.496 e. The van der Waals surface area contributed by atoms with E-state index in [2.05, 4.69) is 31.4 Å². The number of aromatic nitrogens is 2. The SMILES string of the molecule is COc1ccc(NCc2nnc(C)o2)cc1Br. The molecular weight excluding hydrogens is 286 g/mol. The molecule has 0 aliphatic carbocycles. The number of methoxy groups -OCH3 is 1. The molecule has 0 amide bonds. The van der Waals surface area contributed by atoms with E-state index in [-0.39, 0.29) is 0 Å². The average Bonchev–Trinajstić information content (AvgIpc) is 2.73. The van der Waals surface area contributed by atoms with Crippen molar-refractivity contribution in [2.24, 2.45) is 0 Å². The van der Waals surface area contributed by atoms with Crippen LogP contribution in [0.3, 0.4) is 0 Å². The van der Waals surface area contributed by atoms with Crippen molar-refractivity contribution in [3.63, 3.8) is 0 Å². The van der Waals surface area contributed by atoms with Gasteiger partial charge in [-0.25, -0.2) is 0 Å². The number of benzene rings is 1. The van der Waals surface area contributed by atoms with Crippen LogP contribution in [0.2, 0.25) is 0 Å². The van der Waals surface area contributed by atoms with E-state index in [0.29, 0.717) is 18.3 Å². The van der Waals surface area contributed by atoms with E-state index in [0.717, 1.165) is 15.9 Å². The molecule has 2 rings (SSSR count). The van der Waals surface area contributed by atoms with Crippen molar-refractivity contribution in [1.82, 2.24) is 10.2 Å². The fourth-order valence-corrected chi connectivity index (χ4v) is 1.90. The quantitative estimate of drug-likeness (QED) is 0.940. The second-order valence-electron chi connectivity index (χ2n) is 3.42. The number of halogens is 1. The lowest BCUT2D eigenvalue weighted by Gasteiger charge is -2.07. The number of nitrogens with zero attached hydrogens (tertiary/aromatic N) is 2. The molecule has 0 aliphatic rings. The maximum Gasteiger partial charge on any atom is 0.235 e. The molecule has 0 unspecified atom stereocenters. The van der Waals surface area contributed by atoms with Crippen LogP contribution in [0.25, 0.3) is 0 Å². The molecule has 0 bridgehead atoms. The number of nitrogens with one attached hydrogen (secondary N) is 1. The van der Waals surface area contributed by atoms with Crippen molar-refractivity contribution in [3.8, 4) is 5.75 Å². The molecule has 0 radical (unpaired) electrons. The van der Waals surface area contributed by atoms with Crippen LogP contribution in [0.4, 0.5) is 5.69 Å². The van der Waals surface area contributed by atoms with Gasteiger partial charge in [0.15, 0.2) is 0 Å². The van der Waals surface area contributed by atoms with Crippen LogP contribution in [-0.2, 0) is 6.54 Å². The summed E-state index contributed by atoms with van der Waals surface area (Å²) >= 11 is 3.42. The van der Waals surface area contributed by atoms with Crippen LogP contribution in [-0.4, -0.2) is 17.3 Å². The monoisotopic (exact) mass is 297 g/mol. The Morgan fingerprint density at radius 2 is 2.24 bits per heavy atom. The Morgan fingerprint density at radius 1 is 1.41 bits per heavy atom. The first-order chi connectivity index (χ1) is 8.19. The number of hydrogen-bond donors (Lipinski definition) is 1. The smallest absolute Gasteiger partial charge is 0.235 e. The van der Waals surface area contributed by atoms with Crippen LogP contribution in [0.1, 0.15) is 11.8 Å². The summed E-state index contributed by atoms with van der Waals surface area (Å²) in [6, 6.07) is 5.74. The van der Waals surface area contributed by atoms with Gasteiger partial charge in [0.2, 0.25) is 11.8 Å². The molecule has 0 spiro atoms. The lowest BCUT2D eigenvalue weighted by molar-refractivity contribution is 0.412. The number of anilines is 1. The van der Waals surface area contributed by atoms with E-state index in [4.69, 9.17) is 9.15 Å². The minimum Gasteiger partial charge on any atom is -0.496 e. The van der Waals surface area contributed by atoms with Crippen molar-refractivity contribution < 1.29 is 9.15 Å². The molecule has 0 fully saturated rings. The summed E-state index contributed by atoms with van der Waals surface area (Å²) in [5.74, 6) is 1.93. The van der Waals surface area contributed by atoms with Crippen LogP contribution in [0.5, 0.6) is 5.75 Å². The van der Waals surface area contributed by atoms with E-state index in [1.54, 1.807) is 14.0 Å². The van der Waals surface area contributed by atoms with Crippen molar-refractivity contribution in [1.29, 1.82) is 0 Å². The first-order valence-corrected chi connectivity index (χ1v) is 5.84. The van der Waals surface area contributed by atoms with Gasteiger partial charge in [-0.15, -0.1) is 10.2 Å². The zero-order valence-corrected chi connectivity index (χ0v) is 11.1. The molecule has 17 heavy (non-hydrogen) atoms. The van der Waals surface area contributed by atoms with Crippen molar-refractivity contribution in [3.05, 3.63) is 34.5 Å². The summed E-state index contributed by atoms with van der Waals surface area (Å²) in [7, 11) is 1.63. The molecule has 0 saturated carbocycles. The molecule has 90 valence electrons. The molecule has 6 heteroatoms. The molecule has 0 atom stereocenters. The van der Waals surface area contributed by atoms with Gasteiger partial charge in [-0.1, -0.05) is 0 Å². The van der Waals surface area contributed by atoms with E-state index >= 15 is 0 Å². The maximum atomic E-state index is 5.26. The molecule has 1 N–H and O–H groups in total. The van der Waals surface area contributed by atoms with Crippen molar-refractivity contribution in [2.75, 3.05) is 12.4 Å². The Labute approximate surface area is 107 Å². The topological polar surface area (TPSA) is 60.2 Å². The molecule has 1 aromatic heterocycles. The summed E-state index contributed by atoms with van der Waals surface area (Å²) in [5.41, 5.74) is 0.952. The predicted octanol–water partition coefficient (Wildman–Crippen LogP) is 2.76. The summed E-state index contributed by atoms with van der Waals surface area (Å²) in [6.45, 7) is 2.26. The number of hydrogen-bond acceptors (Lipinski definition) is 5. The van der Waals surface area contributed by atoms with E-state index in [1.807, 2.05) is 18.2 Å². The number of aryl methyl sites for hydroxylation is 1. The standard InChI is InChI=1S/C11H12BrN3O2/c1-7-14-15-11(17-7)6-13-8-3-4-10(16-2)9(12)5-8/h3-5,13H,6H2,1-2H3. The van der Waals surface area contributed by atoms with E-state index in [9.17, 15) is 0 Å². The summed E-state index contributed by atoms with van der Waals surface area (Å²) in [5, 5.41) is 10.8. The average molecular weight is 298 g/mol. The molecule has 5 nitrogen and oxygen atoms in total. The summed E-state index contributed by atoms with van der Waals surface area (Å²) < 4.78 is 11.3. The predicted molar refractivity (Wildman–Crippen MR) is 67.1 cm³/mol. The fourth-order valence-electron chi connectivity index (χ4n) is 1.36. The van der Waals surface area contributed by atoms with Gasteiger partial charge in [0.25, 0.3) is 0 Å². The highest BCUT2D eigenvalue weighted by Crippen LogP contribution is 2.27. The third-order valence-corrected chi connectivity index (χ3v) is 2.78. The first-order valence-electron chi connectivity index (χ1n) is 5.05. The molecule has 1 aromatic carbocycles. The van der Waals surface area contributed by atoms with Gasteiger partial charge in [0.05, 0.1) is 18.1 Å². The van der Waals surface area contributed by atoms with Crippen molar-refractivity contribution in [2.45, 2.75) is 13.5 Å². The second-order valence-corrected chi connectivity index (χ2v) is 4.27. The minimum atomic E-state index is 0.500. The van der Waals surface area contributed by atoms with Gasteiger partial charge >= 0.3 is 0 Å². The van der Waals surface area contributed by atoms with Crippen LogP contribution in [0.15, 0.2) is 27.1 Å². The van der Waals surface area contributed by atoms with Gasteiger partial charge in [-0.3, -0.25) is 0 Å². The Kier molecular flexibility index (Phi) is 3.63. The Bertz CT molecular complexity index is 513. The lowest BCUT2D eigenvalue weighted by atomic mass is 10.3. The zero-order valence-electron chi connectivity index (χ0n) is 9.53. The highest BCUT2D eigenvalue weighted by atomic mass is 79.9. The molecule has 0 saturated heterocycles. The molecule has 1 heterocycles. The van der Waals surface area contributed by atoms with Gasteiger partial charge in [0.1, 0.15) is 5.75 Å². The van der Waals surface area contributed by atoms with Gasteiger partial charge < -0.3 is 14.5 Å². The highest BCUT2D eigenvalue weighted by molar-refractivity contribution is 9.10. The number of rotatable bonds is 4. The molecule has 0 aliphatic heterocycles. The van der Waals surface area contributed by atoms with Crippen molar-refractivity contribution >= 4 is 21.6 Å². The minimum absolute atomic E-state index is 0.500. The third-order valence-electron chi connectivity index (χ3n) is 2.16. The molecular formula is C11H12BrN3O2. The van der Waals surface area contributed by atoms with Gasteiger partial charge in [-0.05, 0) is 34.1 Å². The van der Waals surface area contributed by atoms with E-state index in [1.165, 1.54) is 0 Å². The van der Waals surface area contributed by atoms with Crippen LogP contribution in [0, 0.1) is 6.92 Å². The van der Waals surface area contributed by atoms with E-state index < -0.39 is 0 Å². The Morgan fingerprint density at radius 3 is 2.82 bits per heavy atom. The Balaban J connectivity index is 2.02. The molecule has 2 aromatic rings. The van der Waals surface area contributed by atoms with Gasteiger partial charge in [-0.2, -0.15) is 0 Å². The summed E-state index contributed by atoms with van der Waals surface area (Å²) in [6.07, 6.45) is 0.